The molecule has 4 nitrogen and oxygen atoms in total. The Morgan fingerprint density at radius 3 is 2.43 bits per heavy atom. The Hall–Kier alpha value is -3.84. The van der Waals surface area contributed by atoms with Crippen molar-refractivity contribution in [2.75, 3.05) is 6.54 Å². The standard InChI is InChI=1S/C24H19N3O/c25-14-17-10-12-19(13-11-17)24(28)27-15-21(18-6-2-1-3-7-18)22-16-26-23-9-5-4-8-20(22)23/h1-13,16,21,26H,15H2,(H,27,28)/t21-/m0/s1. The van der Waals surface area contributed by atoms with Gasteiger partial charge in [0, 0.05) is 35.1 Å². The first kappa shape index (κ1) is 17.6. The molecule has 1 amide bonds. The molecule has 0 spiro atoms. The molecule has 0 unspecified atom stereocenters. The minimum Gasteiger partial charge on any atom is -0.361 e. The number of H-pyrrole nitrogens is 1. The summed E-state index contributed by atoms with van der Waals surface area (Å²) in [5, 5.41) is 13.1. The van der Waals surface area contributed by atoms with Crippen LogP contribution in [0.1, 0.15) is 33.0 Å². The molecule has 4 rings (SSSR count). The van der Waals surface area contributed by atoms with Crippen LogP contribution in [0.25, 0.3) is 10.9 Å². The molecule has 1 atom stereocenters. The van der Waals surface area contributed by atoms with Crippen LogP contribution in [0, 0.1) is 11.3 Å². The van der Waals surface area contributed by atoms with Crippen LogP contribution in [-0.2, 0) is 0 Å². The van der Waals surface area contributed by atoms with Gasteiger partial charge < -0.3 is 10.3 Å². The molecule has 3 aromatic carbocycles. The number of hydrogen-bond acceptors (Lipinski definition) is 2. The zero-order valence-electron chi connectivity index (χ0n) is 15.2. The summed E-state index contributed by atoms with van der Waals surface area (Å²) in [7, 11) is 0. The topological polar surface area (TPSA) is 68.7 Å². The number of para-hydroxylation sites is 1. The third kappa shape index (κ3) is 3.51. The van der Waals surface area contributed by atoms with Crippen LogP contribution in [0.15, 0.2) is 85.1 Å². The lowest BCUT2D eigenvalue weighted by atomic mass is 9.91. The van der Waals surface area contributed by atoms with Crippen LogP contribution in [-0.4, -0.2) is 17.4 Å². The number of nitrogens with zero attached hydrogens (tertiary/aromatic N) is 1. The summed E-state index contributed by atoms with van der Waals surface area (Å²) < 4.78 is 0. The van der Waals surface area contributed by atoms with E-state index in [4.69, 9.17) is 5.26 Å². The second kappa shape index (κ2) is 7.81. The second-order valence-corrected chi connectivity index (χ2v) is 6.65. The molecule has 136 valence electrons. The van der Waals surface area contributed by atoms with Crippen molar-refractivity contribution in [2.45, 2.75) is 5.92 Å². The molecule has 0 saturated carbocycles. The van der Waals surface area contributed by atoms with Crippen LogP contribution >= 0.6 is 0 Å². The van der Waals surface area contributed by atoms with Gasteiger partial charge in [0.1, 0.15) is 0 Å². The Kier molecular flexibility index (Phi) is 4.90. The molecule has 1 aromatic heterocycles. The maximum absolute atomic E-state index is 12.6. The Morgan fingerprint density at radius 2 is 1.68 bits per heavy atom. The molecule has 0 aliphatic carbocycles. The lowest BCUT2D eigenvalue weighted by Gasteiger charge is -2.18. The summed E-state index contributed by atoms with van der Waals surface area (Å²) in [5.41, 5.74) is 4.47. The first-order valence-electron chi connectivity index (χ1n) is 9.15. The van der Waals surface area contributed by atoms with E-state index >= 15 is 0 Å². The quantitative estimate of drug-likeness (QED) is 0.543. The molecular weight excluding hydrogens is 346 g/mol. The zero-order valence-corrected chi connectivity index (χ0v) is 15.2. The minimum absolute atomic E-state index is 0.0275. The van der Waals surface area contributed by atoms with Gasteiger partial charge in [0.15, 0.2) is 0 Å². The third-order valence-electron chi connectivity index (χ3n) is 4.94. The predicted molar refractivity (Wildman–Crippen MR) is 110 cm³/mol. The van der Waals surface area contributed by atoms with Crippen molar-refractivity contribution in [3.05, 3.63) is 107 Å². The Balaban J connectivity index is 1.61. The number of hydrogen-bond donors (Lipinski definition) is 2. The highest BCUT2D eigenvalue weighted by Crippen LogP contribution is 2.30. The summed E-state index contributed by atoms with van der Waals surface area (Å²) in [6.07, 6.45) is 2.02. The molecule has 0 aliphatic rings. The van der Waals surface area contributed by atoms with Crippen molar-refractivity contribution in [2.24, 2.45) is 0 Å². The molecular formula is C24H19N3O. The van der Waals surface area contributed by atoms with Crippen molar-refractivity contribution in [3.8, 4) is 6.07 Å². The lowest BCUT2D eigenvalue weighted by Crippen LogP contribution is -2.28. The first-order chi connectivity index (χ1) is 13.8. The van der Waals surface area contributed by atoms with Gasteiger partial charge >= 0.3 is 0 Å². The molecule has 2 N–H and O–H groups in total. The summed E-state index contributed by atoms with van der Waals surface area (Å²) in [4.78, 5) is 15.9. The van der Waals surface area contributed by atoms with E-state index in [9.17, 15) is 4.79 Å². The Labute approximate surface area is 163 Å². The number of nitrogens with one attached hydrogen (secondary N) is 2. The van der Waals surface area contributed by atoms with Crippen LogP contribution in [0.3, 0.4) is 0 Å². The van der Waals surface area contributed by atoms with E-state index < -0.39 is 0 Å². The average Bonchev–Trinajstić information content (AvgIpc) is 3.19. The van der Waals surface area contributed by atoms with Crippen molar-refractivity contribution in [1.82, 2.24) is 10.3 Å². The van der Waals surface area contributed by atoms with Crippen molar-refractivity contribution in [3.63, 3.8) is 0 Å². The summed E-state index contributed by atoms with van der Waals surface area (Å²) in [6, 6.07) is 27.1. The fourth-order valence-electron chi connectivity index (χ4n) is 3.47. The van der Waals surface area contributed by atoms with Crippen LogP contribution in [0.2, 0.25) is 0 Å². The predicted octanol–water partition coefficient (Wildman–Crippen LogP) is 4.60. The first-order valence-corrected chi connectivity index (χ1v) is 9.15. The molecule has 28 heavy (non-hydrogen) atoms. The molecule has 0 radical (unpaired) electrons. The number of benzene rings is 3. The third-order valence-corrected chi connectivity index (χ3v) is 4.94. The van der Waals surface area contributed by atoms with E-state index in [0.717, 1.165) is 22.0 Å². The van der Waals surface area contributed by atoms with Crippen LogP contribution in [0.4, 0.5) is 0 Å². The highest BCUT2D eigenvalue weighted by Gasteiger charge is 2.19. The number of carbonyl (C=O) groups is 1. The van der Waals surface area contributed by atoms with Crippen LogP contribution < -0.4 is 5.32 Å². The van der Waals surface area contributed by atoms with E-state index in [-0.39, 0.29) is 11.8 Å². The number of amides is 1. The van der Waals surface area contributed by atoms with Gasteiger partial charge in [0.05, 0.1) is 11.6 Å². The fraction of sp³-hybridized carbons (Fsp3) is 0.0833. The van der Waals surface area contributed by atoms with Gasteiger partial charge in [-0.25, -0.2) is 0 Å². The van der Waals surface area contributed by atoms with E-state index in [1.54, 1.807) is 24.3 Å². The lowest BCUT2D eigenvalue weighted by molar-refractivity contribution is 0.0952. The summed E-state index contributed by atoms with van der Waals surface area (Å²) in [5.74, 6) is -0.120. The maximum Gasteiger partial charge on any atom is 0.251 e. The van der Waals surface area contributed by atoms with Crippen molar-refractivity contribution >= 4 is 16.8 Å². The largest absolute Gasteiger partial charge is 0.361 e. The van der Waals surface area contributed by atoms with Crippen molar-refractivity contribution in [1.29, 1.82) is 5.26 Å². The molecule has 0 fully saturated rings. The number of rotatable bonds is 5. The van der Waals surface area contributed by atoms with Gasteiger partial charge in [-0.15, -0.1) is 0 Å². The monoisotopic (exact) mass is 365 g/mol. The number of carbonyl (C=O) groups excluding carboxylic acids is 1. The van der Waals surface area contributed by atoms with E-state index in [0.29, 0.717) is 17.7 Å². The van der Waals surface area contributed by atoms with E-state index in [1.807, 2.05) is 36.5 Å². The smallest absolute Gasteiger partial charge is 0.251 e. The van der Waals surface area contributed by atoms with Gasteiger partial charge in [-0.3, -0.25) is 4.79 Å². The average molecular weight is 365 g/mol. The highest BCUT2D eigenvalue weighted by atomic mass is 16.1. The molecule has 0 aliphatic heterocycles. The SMILES string of the molecule is N#Cc1ccc(C(=O)NC[C@@H](c2ccccc2)c2c[nH]c3ccccc23)cc1. The van der Waals surface area contributed by atoms with E-state index in [2.05, 4.69) is 40.6 Å². The van der Waals surface area contributed by atoms with Gasteiger partial charge in [-0.2, -0.15) is 5.26 Å². The molecule has 4 aromatic rings. The highest BCUT2D eigenvalue weighted by molar-refractivity contribution is 5.94. The Bertz CT molecular complexity index is 1140. The number of fused-ring (bicyclic) bond motifs is 1. The minimum atomic E-state index is -0.148. The fourth-order valence-corrected chi connectivity index (χ4v) is 3.47. The van der Waals surface area contributed by atoms with Gasteiger partial charge in [0.25, 0.3) is 5.91 Å². The molecule has 0 bridgehead atoms. The molecule has 0 saturated heterocycles. The summed E-state index contributed by atoms with van der Waals surface area (Å²) >= 11 is 0. The molecule has 1 heterocycles. The number of nitriles is 1. The summed E-state index contributed by atoms with van der Waals surface area (Å²) in [6.45, 7) is 0.477. The van der Waals surface area contributed by atoms with Gasteiger partial charge in [-0.05, 0) is 41.5 Å². The molecule has 4 heteroatoms. The van der Waals surface area contributed by atoms with Crippen molar-refractivity contribution < 1.29 is 4.79 Å². The van der Waals surface area contributed by atoms with Gasteiger partial charge in [0.2, 0.25) is 0 Å². The maximum atomic E-state index is 12.6. The van der Waals surface area contributed by atoms with Crippen LogP contribution in [0.5, 0.6) is 0 Å². The normalized spacial score (nSPS) is 11.7. The number of aromatic nitrogens is 1. The van der Waals surface area contributed by atoms with Gasteiger partial charge in [-0.1, -0.05) is 48.5 Å². The zero-order chi connectivity index (χ0) is 19.3. The van der Waals surface area contributed by atoms with E-state index in [1.165, 1.54) is 0 Å². The number of aromatic amines is 1. The second-order valence-electron chi connectivity index (χ2n) is 6.65. The Morgan fingerprint density at radius 1 is 0.964 bits per heavy atom.